The molecule has 0 saturated heterocycles. The normalized spacial score (nSPS) is 16.6. The molecule has 0 spiro atoms. The second kappa shape index (κ2) is 6.63. The number of hydrogen-bond donors (Lipinski definition) is 1. The van der Waals surface area contributed by atoms with Crippen LogP contribution in [0, 0.1) is 5.92 Å². The fraction of sp³-hybridized carbons (Fsp3) is 1.00. The van der Waals surface area contributed by atoms with Crippen LogP contribution in [0.3, 0.4) is 0 Å². The van der Waals surface area contributed by atoms with Crippen molar-refractivity contribution in [1.29, 1.82) is 0 Å². The van der Waals surface area contributed by atoms with Crippen molar-refractivity contribution in [1.82, 2.24) is 4.90 Å². The second-order valence-electron chi connectivity index (χ2n) is 4.23. The molecule has 0 fully saturated rings. The zero-order chi connectivity index (χ0) is 10.4. The molecule has 0 aromatic rings. The Morgan fingerprint density at radius 3 is 2.23 bits per heavy atom. The smallest absolute Gasteiger partial charge is 0.0802 e. The first-order valence-corrected chi connectivity index (χ1v) is 5.45. The summed E-state index contributed by atoms with van der Waals surface area (Å²) in [6.07, 6.45) is 0.757. The maximum absolute atomic E-state index is 9.34. The minimum atomic E-state index is -0.402. The van der Waals surface area contributed by atoms with E-state index in [1.807, 2.05) is 7.05 Å². The molecule has 0 amide bonds. The minimum absolute atomic E-state index is 0.318. The fourth-order valence-electron chi connectivity index (χ4n) is 1.42. The Labute approximate surface area is 86.9 Å². The average Bonchev–Trinajstić information content (AvgIpc) is 2.02. The molecule has 0 aliphatic carbocycles. The molecule has 0 heterocycles. The van der Waals surface area contributed by atoms with E-state index in [4.69, 9.17) is 11.6 Å². The molecule has 0 aliphatic heterocycles. The van der Waals surface area contributed by atoms with Crippen molar-refractivity contribution in [3.05, 3.63) is 0 Å². The number of likely N-dealkylation sites (N-methyl/N-ethyl adjacent to an activating group) is 1. The third-order valence-corrected chi connectivity index (χ3v) is 2.60. The van der Waals surface area contributed by atoms with Crippen LogP contribution < -0.4 is 0 Å². The fourth-order valence-corrected chi connectivity index (χ4v) is 1.52. The largest absolute Gasteiger partial charge is 0.391 e. The zero-order valence-electron chi connectivity index (χ0n) is 9.13. The summed E-state index contributed by atoms with van der Waals surface area (Å²) in [7, 11) is 2.03. The number of hydrogen-bond acceptors (Lipinski definition) is 2. The Morgan fingerprint density at radius 1 is 1.31 bits per heavy atom. The third kappa shape index (κ3) is 6.30. The Bertz CT molecular complexity index is 130. The topological polar surface area (TPSA) is 23.5 Å². The molecule has 0 bridgehead atoms. The first kappa shape index (κ1) is 13.2. The Balaban J connectivity index is 3.74. The van der Waals surface area contributed by atoms with E-state index in [1.54, 1.807) is 0 Å². The van der Waals surface area contributed by atoms with Gasteiger partial charge in [-0.3, -0.25) is 0 Å². The highest BCUT2D eigenvalue weighted by Gasteiger charge is 2.13. The summed E-state index contributed by atoms with van der Waals surface area (Å²) in [5.74, 6) is 1.02. The predicted octanol–water partition coefficient (Wildman–Crippen LogP) is 1.95. The second-order valence-corrected chi connectivity index (χ2v) is 4.53. The van der Waals surface area contributed by atoms with Gasteiger partial charge in [0, 0.05) is 18.5 Å². The molecule has 0 aromatic carbocycles. The van der Waals surface area contributed by atoms with Crippen LogP contribution in [-0.4, -0.2) is 41.6 Å². The summed E-state index contributed by atoms with van der Waals surface area (Å²) in [6, 6.07) is 0.512. The Hall–Kier alpha value is 0.210. The molecule has 80 valence electrons. The monoisotopic (exact) mass is 207 g/mol. The molecule has 1 N–H and O–H groups in total. The predicted molar refractivity (Wildman–Crippen MR) is 58.3 cm³/mol. The summed E-state index contributed by atoms with van der Waals surface area (Å²) in [5, 5.41) is 9.34. The lowest BCUT2D eigenvalue weighted by atomic mass is 10.0. The molecule has 2 atom stereocenters. The van der Waals surface area contributed by atoms with Crippen molar-refractivity contribution in [3.8, 4) is 0 Å². The lowest BCUT2D eigenvalue weighted by Gasteiger charge is -2.27. The van der Waals surface area contributed by atoms with Gasteiger partial charge in [0.25, 0.3) is 0 Å². The number of nitrogens with zero attached hydrogens (tertiary/aromatic N) is 1. The summed E-state index contributed by atoms with van der Waals surface area (Å²) in [6.45, 7) is 7.27. The van der Waals surface area contributed by atoms with Crippen LogP contribution in [0.15, 0.2) is 0 Å². The molecule has 0 saturated carbocycles. The molecule has 0 aliphatic rings. The Kier molecular flexibility index (Phi) is 6.74. The molecular formula is C10H22ClNO. The van der Waals surface area contributed by atoms with Crippen molar-refractivity contribution in [2.75, 3.05) is 19.5 Å². The van der Waals surface area contributed by atoms with Crippen LogP contribution in [0.4, 0.5) is 0 Å². The van der Waals surface area contributed by atoms with Gasteiger partial charge in [-0.05, 0) is 26.3 Å². The van der Waals surface area contributed by atoms with Crippen LogP contribution in [-0.2, 0) is 0 Å². The lowest BCUT2D eigenvalue weighted by Crippen LogP contribution is -2.37. The SMILES string of the molecule is CC(C)CC(C)N(C)CC(O)CCl. The highest BCUT2D eigenvalue weighted by atomic mass is 35.5. The van der Waals surface area contributed by atoms with E-state index in [9.17, 15) is 5.11 Å². The van der Waals surface area contributed by atoms with Crippen molar-refractivity contribution in [2.24, 2.45) is 5.92 Å². The van der Waals surface area contributed by atoms with E-state index < -0.39 is 6.10 Å². The number of alkyl halides is 1. The van der Waals surface area contributed by atoms with Gasteiger partial charge in [0.15, 0.2) is 0 Å². The van der Waals surface area contributed by atoms with Crippen LogP contribution in [0.25, 0.3) is 0 Å². The van der Waals surface area contributed by atoms with Crippen molar-refractivity contribution >= 4 is 11.6 Å². The van der Waals surface area contributed by atoms with E-state index in [2.05, 4.69) is 25.7 Å². The number of rotatable bonds is 6. The van der Waals surface area contributed by atoms with E-state index in [0.29, 0.717) is 24.4 Å². The zero-order valence-corrected chi connectivity index (χ0v) is 9.88. The number of aliphatic hydroxyl groups is 1. The van der Waals surface area contributed by atoms with Gasteiger partial charge >= 0.3 is 0 Å². The van der Waals surface area contributed by atoms with Gasteiger partial charge in [-0.25, -0.2) is 0 Å². The van der Waals surface area contributed by atoms with Crippen LogP contribution in [0.1, 0.15) is 27.2 Å². The van der Waals surface area contributed by atoms with E-state index in [-0.39, 0.29) is 0 Å². The Morgan fingerprint density at radius 2 is 1.85 bits per heavy atom. The van der Waals surface area contributed by atoms with Gasteiger partial charge in [0.1, 0.15) is 0 Å². The van der Waals surface area contributed by atoms with Gasteiger partial charge in [0.05, 0.1) is 6.10 Å². The van der Waals surface area contributed by atoms with Gasteiger partial charge < -0.3 is 10.0 Å². The molecule has 0 aromatic heterocycles. The van der Waals surface area contributed by atoms with Crippen molar-refractivity contribution in [3.63, 3.8) is 0 Å². The lowest BCUT2D eigenvalue weighted by molar-refractivity contribution is 0.117. The maximum atomic E-state index is 9.34. The maximum Gasteiger partial charge on any atom is 0.0802 e. The first-order chi connectivity index (χ1) is 5.97. The van der Waals surface area contributed by atoms with Gasteiger partial charge in [-0.15, -0.1) is 11.6 Å². The van der Waals surface area contributed by atoms with Crippen molar-refractivity contribution < 1.29 is 5.11 Å². The summed E-state index contributed by atoms with van der Waals surface area (Å²) >= 11 is 5.53. The van der Waals surface area contributed by atoms with Crippen molar-refractivity contribution in [2.45, 2.75) is 39.3 Å². The average molecular weight is 208 g/mol. The van der Waals surface area contributed by atoms with Gasteiger partial charge in [0.2, 0.25) is 0 Å². The molecule has 2 nitrogen and oxygen atoms in total. The van der Waals surface area contributed by atoms with E-state index >= 15 is 0 Å². The molecular weight excluding hydrogens is 186 g/mol. The quantitative estimate of drug-likeness (QED) is 0.674. The number of aliphatic hydroxyl groups excluding tert-OH is 1. The summed E-state index contributed by atoms with van der Waals surface area (Å²) < 4.78 is 0. The van der Waals surface area contributed by atoms with E-state index in [0.717, 1.165) is 6.42 Å². The standard InChI is InChI=1S/C10H22ClNO/c1-8(2)5-9(3)12(4)7-10(13)6-11/h8-10,13H,5-7H2,1-4H3. The van der Waals surface area contributed by atoms with Crippen LogP contribution >= 0.6 is 11.6 Å². The molecule has 13 heavy (non-hydrogen) atoms. The summed E-state index contributed by atoms with van der Waals surface area (Å²) in [4.78, 5) is 2.16. The minimum Gasteiger partial charge on any atom is -0.391 e. The van der Waals surface area contributed by atoms with E-state index in [1.165, 1.54) is 0 Å². The van der Waals surface area contributed by atoms with Crippen LogP contribution in [0.5, 0.6) is 0 Å². The van der Waals surface area contributed by atoms with Crippen LogP contribution in [0.2, 0.25) is 0 Å². The molecule has 0 radical (unpaired) electrons. The number of halogens is 1. The molecule has 0 rings (SSSR count). The highest BCUT2D eigenvalue weighted by molar-refractivity contribution is 6.18. The molecule has 2 unspecified atom stereocenters. The first-order valence-electron chi connectivity index (χ1n) is 4.91. The summed E-state index contributed by atoms with van der Waals surface area (Å²) in [5.41, 5.74) is 0. The highest BCUT2D eigenvalue weighted by Crippen LogP contribution is 2.09. The van der Waals surface area contributed by atoms with Gasteiger partial charge in [-0.2, -0.15) is 0 Å². The third-order valence-electron chi connectivity index (χ3n) is 2.24. The van der Waals surface area contributed by atoms with Gasteiger partial charge in [-0.1, -0.05) is 13.8 Å². The molecule has 3 heteroatoms.